The molecule has 6 nitrogen and oxygen atoms in total. The number of amides is 2. The second-order valence-corrected chi connectivity index (χ2v) is 11.5. The van der Waals surface area contributed by atoms with Crippen molar-refractivity contribution in [3.63, 3.8) is 0 Å². The first kappa shape index (κ1) is 23.9. The largest absolute Gasteiger partial charge is 0.452 e. The standard InChI is InChI=1S/C28H32N2O4S/c1-18-5-4-6-22(9-18)29-25(31)16-34-27(33)23-7-2-3-8-24(23)35-17-26(32)30-28-13-19-10-20(14-28)12-21(11-19)15-28/h2-9,19-21H,10-17H2,1H3,(H,29,31)(H,30,32). The maximum Gasteiger partial charge on any atom is 0.339 e. The highest BCUT2D eigenvalue weighted by molar-refractivity contribution is 8.00. The minimum atomic E-state index is -0.575. The molecule has 0 aliphatic heterocycles. The fourth-order valence-electron chi connectivity index (χ4n) is 6.63. The Bertz CT molecular complexity index is 1100. The quantitative estimate of drug-likeness (QED) is 0.402. The zero-order chi connectivity index (χ0) is 24.4. The monoisotopic (exact) mass is 492 g/mol. The summed E-state index contributed by atoms with van der Waals surface area (Å²) in [5.74, 6) is 1.61. The number of aryl methyl sites for hydroxylation is 1. The lowest BCUT2D eigenvalue weighted by Crippen LogP contribution is -2.60. The van der Waals surface area contributed by atoms with Crippen LogP contribution in [0.1, 0.15) is 54.4 Å². The second-order valence-electron chi connectivity index (χ2n) is 10.5. The zero-order valence-corrected chi connectivity index (χ0v) is 20.9. The molecule has 4 aliphatic carbocycles. The Morgan fingerprint density at radius 2 is 1.63 bits per heavy atom. The van der Waals surface area contributed by atoms with Crippen molar-refractivity contribution in [3.8, 4) is 0 Å². The number of thioether (sulfide) groups is 1. The highest BCUT2D eigenvalue weighted by Crippen LogP contribution is 2.55. The molecule has 0 heterocycles. The molecule has 6 rings (SSSR count). The number of hydrogen-bond acceptors (Lipinski definition) is 5. The number of hydrogen-bond donors (Lipinski definition) is 2. The molecule has 35 heavy (non-hydrogen) atoms. The molecule has 0 radical (unpaired) electrons. The topological polar surface area (TPSA) is 84.5 Å². The van der Waals surface area contributed by atoms with Gasteiger partial charge in [0, 0.05) is 16.1 Å². The Labute approximate surface area is 210 Å². The third-order valence-electron chi connectivity index (χ3n) is 7.54. The van der Waals surface area contributed by atoms with Gasteiger partial charge in [0.1, 0.15) is 0 Å². The normalized spacial score (nSPS) is 26.3. The summed E-state index contributed by atoms with van der Waals surface area (Å²) >= 11 is 1.34. The van der Waals surface area contributed by atoms with Crippen LogP contribution in [-0.2, 0) is 14.3 Å². The molecule has 0 atom stereocenters. The lowest BCUT2D eigenvalue weighted by molar-refractivity contribution is -0.124. The molecule has 0 unspecified atom stereocenters. The third kappa shape index (κ3) is 5.72. The molecular weight excluding hydrogens is 460 g/mol. The van der Waals surface area contributed by atoms with Gasteiger partial charge in [-0.2, -0.15) is 0 Å². The predicted octanol–water partition coefficient (Wildman–Crippen LogP) is 4.97. The number of esters is 1. The van der Waals surface area contributed by atoms with Crippen molar-refractivity contribution in [1.82, 2.24) is 5.32 Å². The van der Waals surface area contributed by atoms with E-state index in [9.17, 15) is 14.4 Å². The maximum atomic E-state index is 12.9. The van der Waals surface area contributed by atoms with Gasteiger partial charge in [-0.25, -0.2) is 4.79 Å². The van der Waals surface area contributed by atoms with E-state index in [1.165, 1.54) is 31.0 Å². The van der Waals surface area contributed by atoms with Gasteiger partial charge in [-0.15, -0.1) is 11.8 Å². The molecule has 0 saturated heterocycles. The van der Waals surface area contributed by atoms with Gasteiger partial charge < -0.3 is 15.4 Å². The van der Waals surface area contributed by atoms with Crippen LogP contribution >= 0.6 is 11.8 Å². The summed E-state index contributed by atoms with van der Waals surface area (Å²) in [7, 11) is 0. The van der Waals surface area contributed by atoms with Gasteiger partial charge in [-0.05, 0) is 93.0 Å². The first-order chi connectivity index (χ1) is 16.9. The Morgan fingerprint density at radius 1 is 0.943 bits per heavy atom. The average molecular weight is 493 g/mol. The van der Waals surface area contributed by atoms with Crippen molar-refractivity contribution in [2.75, 3.05) is 17.7 Å². The summed E-state index contributed by atoms with van der Waals surface area (Å²) in [5.41, 5.74) is 2.03. The first-order valence-corrected chi connectivity index (χ1v) is 13.4. The lowest BCUT2D eigenvalue weighted by Gasteiger charge is -2.56. The van der Waals surface area contributed by atoms with E-state index in [1.807, 2.05) is 37.3 Å². The molecule has 0 spiro atoms. The van der Waals surface area contributed by atoms with Gasteiger partial charge >= 0.3 is 5.97 Å². The smallest absolute Gasteiger partial charge is 0.339 e. The SMILES string of the molecule is Cc1cccc(NC(=O)COC(=O)c2ccccc2SCC(=O)NC23CC4CC(CC(C4)C2)C3)c1. The summed E-state index contributed by atoms with van der Waals surface area (Å²) in [6.45, 7) is 1.56. The van der Waals surface area contributed by atoms with Crippen LogP contribution < -0.4 is 10.6 Å². The Hall–Kier alpha value is -2.80. The molecule has 2 aromatic carbocycles. The van der Waals surface area contributed by atoms with Crippen molar-refractivity contribution in [2.24, 2.45) is 17.8 Å². The van der Waals surface area contributed by atoms with Crippen LogP contribution in [-0.4, -0.2) is 35.7 Å². The van der Waals surface area contributed by atoms with Gasteiger partial charge in [0.25, 0.3) is 5.91 Å². The van der Waals surface area contributed by atoms with Gasteiger partial charge in [-0.3, -0.25) is 9.59 Å². The van der Waals surface area contributed by atoms with Crippen molar-refractivity contribution < 1.29 is 19.1 Å². The summed E-state index contributed by atoms with van der Waals surface area (Å²) in [5, 5.41) is 6.11. The van der Waals surface area contributed by atoms with Gasteiger partial charge in [0.05, 0.1) is 11.3 Å². The fraction of sp³-hybridized carbons (Fsp3) is 0.464. The Morgan fingerprint density at radius 3 is 2.31 bits per heavy atom. The Balaban J connectivity index is 1.13. The van der Waals surface area contributed by atoms with E-state index >= 15 is 0 Å². The zero-order valence-electron chi connectivity index (χ0n) is 20.0. The molecule has 184 valence electrons. The molecule has 4 aliphatic rings. The molecule has 4 saturated carbocycles. The van der Waals surface area contributed by atoms with E-state index in [4.69, 9.17) is 4.74 Å². The molecule has 2 aromatic rings. The van der Waals surface area contributed by atoms with E-state index in [0.29, 0.717) is 16.1 Å². The van der Waals surface area contributed by atoms with Crippen LogP contribution in [0.4, 0.5) is 5.69 Å². The minimum absolute atomic E-state index is 0.0184. The number of benzene rings is 2. The van der Waals surface area contributed by atoms with E-state index in [2.05, 4.69) is 10.6 Å². The Kier molecular flexibility index (Phi) is 6.87. The van der Waals surface area contributed by atoms with Gasteiger partial charge in [0.15, 0.2) is 6.61 Å². The minimum Gasteiger partial charge on any atom is -0.452 e. The molecule has 0 aromatic heterocycles. The van der Waals surface area contributed by atoms with Crippen LogP contribution in [0.3, 0.4) is 0 Å². The summed E-state index contributed by atoms with van der Waals surface area (Å²) < 4.78 is 5.27. The van der Waals surface area contributed by atoms with Crippen LogP contribution in [0.15, 0.2) is 53.4 Å². The highest BCUT2D eigenvalue weighted by atomic mass is 32.2. The van der Waals surface area contributed by atoms with Gasteiger partial charge in [-0.1, -0.05) is 24.3 Å². The highest BCUT2D eigenvalue weighted by Gasteiger charge is 2.51. The van der Waals surface area contributed by atoms with E-state index in [-0.39, 0.29) is 23.8 Å². The summed E-state index contributed by atoms with van der Waals surface area (Å²) in [6.07, 6.45) is 7.35. The number of carbonyl (C=O) groups excluding carboxylic acids is 3. The summed E-state index contributed by atoms with van der Waals surface area (Å²) in [6, 6.07) is 14.5. The first-order valence-electron chi connectivity index (χ1n) is 12.4. The average Bonchev–Trinajstić information content (AvgIpc) is 2.80. The number of nitrogens with one attached hydrogen (secondary N) is 2. The molecule has 4 bridgehead atoms. The summed E-state index contributed by atoms with van der Waals surface area (Å²) in [4.78, 5) is 38.5. The van der Waals surface area contributed by atoms with E-state index in [1.54, 1.807) is 18.2 Å². The molecule has 4 fully saturated rings. The van der Waals surface area contributed by atoms with E-state index < -0.39 is 11.9 Å². The van der Waals surface area contributed by atoms with Crippen LogP contribution in [0, 0.1) is 24.7 Å². The molecule has 2 N–H and O–H groups in total. The van der Waals surface area contributed by atoms with E-state index in [0.717, 1.165) is 42.6 Å². The number of anilines is 1. The molecule has 2 amide bonds. The second kappa shape index (κ2) is 10.1. The van der Waals surface area contributed by atoms with Crippen molar-refractivity contribution in [2.45, 2.75) is 55.9 Å². The predicted molar refractivity (Wildman–Crippen MR) is 136 cm³/mol. The van der Waals surface area contributed by atoms with Crippen LogP contribution in [0.25, 0.3) is 0 Å². The number of rotatable bonds is 8. The van der Waals surface area contributed by atoms with Crippen molar-refractivity contribution in [3.05, 3.63) is 59.7 Å². The van der Waals surface area contributed by atoms with Crippen molar-refractivity contribution in [1.29, 1.82) is 0 Å². The number of carbonyl (C=O) groups is 3. The van der Waals surface area contributed by atoms with Crippen molar-refractivity contribution >= 4 is 35.2 Å². The molecular formula is C28H32N2O4S. The number of ether oxygens (including phenoxy) is 1. The van der Waals surface area contributed by atoms with Crippen LogP contribution in [0.2, 0.25) is 0 Å². The fourth-order valence-corrected chi connectivity index (χ4v) is 7.47. The molecule has 7 heteroatoms. The van der Waals surface area contributed by atoms with Gasteiger partial charge in [0.2, 0.25) is 5.91 Å². The third-order valence-corrected chi connectivity index (χ3v) is 8.62. The maximum absolute atomic E-state index is 12.9. The van der Waals surface area contributed by atoms with Crippen LogP contribution in [0.5, 0.6) is 0 Å². The lowest BCUT2D eigenvalue weighted by atomic mass is 9.53.